The van der Waals surface area contributed by atoms with E-state index in [1.165, 1.54) is 0 Å². The van der Waals surface area contributed by atoms with Gasteiger partial charge in [0.15, 0.2) is 0 Å². The van der Waals surface area contributed by atoms with Gasteiger partial charge in [-0.3, -0.25) is 4.79 Å². The number of amides is 1. The Balaban J connectivity index is 1.99. The molecule has 0 aliphatic carbocycles. The Morgan fingerprint density at radius 1 is 1.45 bits per heavy atom. The van der Waals surface area contributed by atoms with Crippen LogP contribution >= 0.6 is 11.6 Å². The molecule has 5 heteroatoms. The van der Waals surface area contributed by atoms with Crippen molar-refractivity contribution < 1.29 is 4.79 Å². The van der Waals surface area contributed by atoms with E-state index in [1.807, 2.05) is 7.05 Å². The fraction of sp³-hybridized carbons (Fsp3) is 0.533. The highest BCUT2D eigenvalue weighted by Crippen LogP contribution is 2.22. The van der Waals surface area contributed by atoms with E-state index >= 15 is 0 Å². The summed E-state index contributed by atoms with van der Waals surface area (Å²) in [5.41, 5.74) is 6.78. The largest absolute Gasteiger partial charge is 0.399 e. The van der Waals surface area contributed by atoms with Crippen molar-refractivity contribution in [2.45, 2.75) is 12.8 Å². The molecular weight excluding hydrogens is 274 g/mol. The second-order valence-corrected chi connectivity index (χ2v) is 6.08. The van der Waals surface area contributed by atoms with Crippen molar-refractivity contribution in [3.63, 3.8) is 0 Å². The number of carbonyl (C=O) groups is 1. The number of nitrogen functional groups attached to an aromatic ring is 1. The molecule has 0 saturated carbocycles. The number of rotatable bonds is 3. The third kappa shape index (κ3) is 3.64. The predicted molar refractivity (Wildman–Crippen MR) is 83.0 cm³/mol. The molecule has 0 aromatic heterocycles. The first-order chi connectivity index (χ1) is 9.47. The molecule has 0 unspecified atom stereocenters. The minimum atomic E-state index is -0.0544. The summed E-state index contributed by atoms with van der Waals surface area (Å²) < 4.78 is 0. The molecule has 1 heterocycles. The quantitative estimate of drug-likeness (QED) is 0.871. The number of likely N-dealkylation sites (tertiary alicyclic amines) is 1. The SMILES string of the molecule is CN1CCC(CN(C)C(=O)c2cc(N)ccc2Cl)CC1. The van der Waals surface area contributed by atoms with Crippen molar-refractivity contribution in [1.29, 1.82) is 0 Å². The topological polar surface area (TPSA) is 49.6 Å². The first-order valence-electron chi connectivity index (χ1n) is 6.96. The van der Waals surface area contributed by atoms with Gasteiger partial charge in [-0.15, -0.1) is 0 Å². The van der Waals surface area contributed by atoms with Crippen LogP contribution in [-0.2, 0) is 0 Å². The molecule has 1 aliphatic rings. The second-order valence-electron chi connectivity index (χ2n) is 5.67. The standard InChI is InChI=1S/C15H22ClN3O/c1-18-7-5-11(6-8-18)10-19(2)15(20)13-9-12(17)3-4-14(13)16/h3-4,9,11H,5-8,10,17H2,1-2H3. The highest BCUT2D eigenvalue weighted by molar-refractivity contribution is 6.33. The van der Waals surface area contributed by atoms with Crippen molar-refractivity contribution >= 4 is 23.2 Å². The third-order valence-corrected chi connectivity index (χ3v) is 4.27. The van der Waals surface area contributed by atoms with Gasteiger partial charge in [0, 0.05) is 19.3 Å². The summed E-state index contributed by atoms with van der Waals surface area (Å²) in [6, 6.07) is 5.03. The Labute approximate surface area is 125 Å². The van der Waals surface area contributed by atoms with Gasteiger partial charge in [-0.2, -0.15) is 0 Å². The van der Waals surface area contributed by atoms with E-state index in [4.69, 9.17) is 17.3 Å². The monoisotopic (exact) mass is 295 g/mol. The van der Waals surface area contributed by atoms with Gasteiger partial charge in [-0.1, -0.05) is 11.6 Å². The molecule has 2 N–H and O–H groups in total. The van der Waals surface area contributed by atoms with Crippen LogP contribution in [0.5, 0.6) is 0 Å². The van der Waals surface area contributed by atoms with E-state index in [1.54, 1.807) is 23.1 Å². The summed E-state index contributed by atoms with van der Waals surface area (Å²) in [4.78, 5) is 16.5. The number of piperidine rings is 1. The molecule has 0 spiro atoms. The van der Waals surface area contributed by atoms with Crippen molar-refractivity contribution in [2.75, 3.05) is 39.5 Å². The number of halogens is 1. The van der Waals surface area contributed by atoms with Crippen molar-refractivity contribution in [2.24, 2.45) is 5.92 Å². The zero-order valence-corrected chi connectivity index (χ0v) is 12.9. The number of benzene rings is 1. The molecule has 4 nitrogen and oxygen atoms in total. The number of hydrogen-bond acceptors (Lipinski definition) is 3. The number of nitrogens with zero attached hydrogens (tertiary/aromatic N) is 2. The van der Waals surface area contributed by atoms with Crippen LogP contribution < -0.4 is 5.73 Å². The van der Waals surface area contributed by atoms with Crippen molar-refractivity contribution in [1.82, 2.24) is 9.80 Å². The molecule has 20 heavy (non-hydrogen) atoms. The first kappa shape index (κ1) is 15.1. The van der Waals surface area contributed by atoms with E-state index in [0.717, 1.165) is 32.5 Å². The Bertz CT molecular complexity index is 484. The molecule has 1 aliphatic heterocycles. The molecule has 1 saturated heterocycles. The fourth-order valence-electron chi connectivity index (χ4n) is 2.63. The molecule has 2 rings (SSSR count). The number of anilines is 1. The molecule has 0 atom stereocenters. The molecule has 1 amide bonds. The number of carbonyl (C=O) groups excluding carboxylic acids is 1. The zero-order chi connectivity index (χ0) is 14.7. The van der Waals surface area contributed by atoms with Crippen LogP contribution in [0.4, 0.5) is 5.69 Å². The summed E-state index contributed by atoms with van der Waals surface area (Å²) in [6.07, 6.45) is 2.28. The van der Waals surface area contributed by atoms with Crippen molar-refractivity contribution in [3.8, 4) is 0 Å². The molecule has 0 radical (unpaired) electrons. The highest BCUT2D eigenvalue weighted by atomic mass is 35.5. The minimum Gasteiger partial charge on any atom is -0.399 e. The lowest BCUT2D eigenvalue weighted by atomic mass is 9.96. The molecule has 1 fully saturated rings. The Morgan fingerprint density at radius 2 is 2.10 bits per heavy atom. The summed E-state index contributed by atoms with van der Waals surface area (Å²) >= 11 is 6.09. The third-order valence-electron chi connectivity index (χ3n) is 3.94. The Kier molecular flexibility index (Phi) is 4.89. The van der Waals surface area contributed by atoms with E-state index in [0.29, 0.717) is 22.2 Å². The van der Waals surface area contributed by atoms with Gasteiger partial charge in [-0.25, -0.2) is 0 Å². The zero-order valence-electron chi connectivity index (χ0n) is 12.1. The van der Waals surface area contributed by atoms with Crippen LogP contribution in [0.15, 0.2) is 18.2 Å². The summed E-state index contributed by atoms with van der Waals surface area (Å²) in [5.74, 6) is 0.515. The maximum Gasteiger partial charge on any atom is 0.255 e. The average Bonchev–Trinajstić information content (AvgIpc) is 2.43. The molecule has 1 aromatic carbocycles. The van der Waals surface area contributed by atoms with Gasteiger partial charge in [0.1, 0.15) is 0 Å². The Morgan fingerprint density at radius 3 is 2.75 bits per heavy atom. The molecule has 0 bridgehead atoms. The van der Waals surface area contributed by atoms with Crippen LogP contribution in [0.1, 0.15) is 23.2 Å². The maximum absolute atomic E-state index is 12.4. The number of nitrogens with two attached hydrogens (primary N) is 1. The van der Waals surface area contributed by atoms with E-state index < -0.39 is 0 Å². The van der Waals surface area contributed by atoms with Crippen LogP contribution in [0, 0.1) is 5.92 Å². The van der Waals surface area contributed by atoms with Gasteiger partial charge in [0.05, 0.1) is 10.6 Å². The highest BCUT2D eigenvalue weighted by Gasteiger charge is 2.22. The maximum atomic E-state index is 12.4. The molecule has 1 aromatic rings. The summed E-state index contributed by atoms with van der Waals surface area (Å²) in [5, 5.41) is 0.458. The van der Waals surface area contributed by atoms with Gasteiger partial charge in [0.25, 0.3) is 5.91 Å². The first-order valence-corrected chi connectivity index (χ1v) is 7.34. The second kappa shape index (κ2) is 6.46. The van der Waals surface area contributed by atoms with E-state index in [2.05, 4.69) is 11.9 Å². The number of hydrogen-bond donors (Lipinski definition) is 1. The fourth-order valence-corrected chi connectivity index (χ4v) is 2.83. The van der Waals surface area contributed by atoms with Gasteiger partial charge >= 0.3 is 0 Å². The predicted octanol–water partition coefficient (Wildman–Crippen LogP) is 2.34. The van der Waals surface area contributed by atoms with Crippen LogP contribution in [0.3, 0.4) is 0 Å². The molecular formula is C15H22ClN3O. The van der Waals surface area contributed by atoms with Crippen LogP contribution in [0.2, 0.25) is 5.02 Å². The van der Waals surface area contributed by atoms with Crippen LogP contribution in [0.25, 0.3) is 0 Å². The Hall–Kier alpha value is -1.26. The lowest BCUT2D eigenvalue weighted by molar-refractivity contribution is 0.0747. The smallest absolute Gasteiger partial charge is 0.255 e. The average molecular weight is 296 g/mol. The van der Waals surface area contributed by atoms with E-state index in [-0.39, 0.29) is 5.91 Å². The van der Waals surface area contributed by atoms with Gasteiger partial charge in [0.2, 0.25) is 0 Å². The minimum absolute atomic E-state index is 0.0544. The summed E-state index contributed by atoms with van der Waals surface area (Å²) in [7, 11) is 3.97. The van der Waals surface area contributed by atoms with Crippen molar-refractivity contribution in [3.05, 3.63) is 28.8 Å². The van der Waals surface area contributed by atoms with E-state index in [9.17, 15) is 4.79 Å². The van der Waals surface area contributed by atoms with Crippen LogP contribution in [-0.4, -0.2) is 49.4 Å². The lowest BCUT2D eigenvalue weighted by Crippen LogP contribution is -2.38. The lowest BCUT2D eigenvalue weighted by Gasteiger charge is -2.31. The van der Waals surface area contributed by atoms with Gasteiger partial charge < -0.3 is 15.5 Å². The van der Waals surface area contributed by atoms with Gasteiger partial charge in [-0.05, 0) is 57.1 Å². The molecule has 110 valence electrons. The summed E-state index contributed by atoms with van der Waals surface area (Å²) in [6.45, 7) is 2.98. The normalized spacial score (nSPS) is 17.1.